The van der Waals surface area contributed by atoms with Crippen LogP contribution in [0.5, 0.6) is 0 Å². The number of rotatable bonds is 6. The van der Waals surface area contributed by atoms with Gasteiger partial charge in [0.2, 0.25) is 5.91 Å². The zero-order valence-electron chi connectivity index (χ0n) is 10.8. The van der Waals surface area contributed by atoms with Crippen molar-refractivity contribution in [1.29, 1.82) is 0 Å². The van der Waals surface area contributed by atoms with E-state index in [0.717, 1.165) is 12.8 Å². The summed E-state index contributed by atoms with van der Waals surface area (Å²) in [4.78, 5) is 13.7. The van der Waals surface area contributed by atoms with Crippen LogP contribution in [-0.2, 0) is 9.53 Å². The average molecular weight is 264 g/mol. The van der Waals surface area contributed by atoms with Crippen molar-refractivity contribution in [2.45, 2.75) is 38.7 Å². The van der Waals surface area contributed by atoms with Crippen molar-refractivity contribution in [2.24, 2.45) is 11.7 Å². The lowest BCUT2D eigenvalue weighted by atomic mass is 9.92. The summed E-state index contributed by atoms with van der Waals surface area (Å²) in [5, 5.41) is 0. The molecule has 0 saturated carbocycles. The highest BCUT2D eigenvalue weighted by Gasteiger charge is 2.28. The molecule has 1 saturated heterocycles. The highest BCUT2D eigenvalue weighted by molar-refractivity contribution is 5.76. The van der Waals surface area contributed by atoms with E-state index in [1.807, 2.05) is 0 Å². The maximum absolute atomic E-state index is 11.9. The first-order chi connectivity index (χ1) is 8.54. The molecule has 6 heteroatoms. The van der Waals surface area contributed by atoms with Crippen molar-refractivity contribution >= 4 is 5.91 Å². The van der Waals surface area contributed by atoms with E-state index in [-0.39, 0.29) is 25.0 Å². The number of likely N-dealkylation sites (tertiary alicyclic amines) is 1. The van der Waals surface area contributed by atoms with Gasteiger partial charge in [-0.3, -0.25) is 4.79 Å². The zero-order valence-corrected chi connectivity index (χ0v) is 10.8. The normalized spacial score (nSPS) is 24.6. The molecule has 1 rings (SSSR count). The van der Waals surface area contributed by atoms with Crippen LogP contribution in [0, 0.1) is 5.92 Å². The summed E-state index contributed by atoms with van der Waals surface area (Å²) < 4.78 is 28.4. The van der Waals surface area contributed by atoms with Gasteiger partial charge in [0, 0.05) is 19.1 Å². The van der Waals surface area contributed by atoms with Crippen molar-refractivity contribution in [3.8, 4) is 0 Å². The summed E-state index contributed by atoms with van der Waals surface area (Å²) in [5.41, 5.74) is 5.66. The number of nitrogens with two attached hydrogens (primary N) is 1. The lowest BCUT2D eigenvalue weighted by molar-refractivity contribution is -0.136. The fourth-order valence-corrected chi connectivity index (χ4v) is 2.28. The molecule has 4 nitrogen and oxygen atoms in total. The summed E-state index contributed by atoms with van der Waals surface area (Å²) in [6.45, 7) is 2.75. The molecule has 2 atom stereocenters. The smallest absolute Gasteiger partial charge is 0.261 e. The molecule has 0 bridgehead atoms. The van der Waals surface area contributed by atoms with Crippen molar-refractivity contribution < 1.29 is 18.3 Å². The quantitative estimate of drug-likeness (QED) is 0.734. The summed E-state index contributed by atoms with van der Waals surface area (Å²) in [5.74, 6) is 0.532. The number of nitrogens with zero attached hydrogens (tertiary/aromatic N) is 1. The third kappa shape index (κ3) is 4.86. The standard InChI is InChI=1S/C12H22F2N2O2/c1-9-2-4-16(10(6-9)7-15)12(17)3-5-18-8-11(13)14/h9-11H,2-8,15H2,1H3. The van der Waals surface area contributed by atoms with Crippen LogP contribution < -0.4 is 5.73 Å². The summed E-state index contributed by atoms with van der Waals surface area (Å²) in [6.07, 6.45) is -0.439. The zero-order chi connectivity index (χ0) is 13.5. The molecule has 0 spiro atoms. The molecule has 0 aromatic rings. The molecular weight excluding hydrogens is 242 g/mol. The number of piperidine rings is 1. The first kappa shape index (κ1) is 15.3. The van der Waals surface area contributed by atoms with Crippen LogP contribution in [0.1, 0.15) is 26.2 Å². The molecule has 0 aromatic heterocycles. The number of amides is 1. The first-order valence-corrected chi connectivity index (χ1v) is 6.40. The van der Waals surface area contributed by atoms with Crippen LogP contribution in [0.3, 0.4) is 0 Å². The molecule has 0 aromatic carbocycles. The number of ether oxygens (including phenoxy) is 1. The van der Waals surface area contributed by atoms with E-state index in [4.69, 9.17) is 10.5 Å². The predicted molar refractivity (Wildman–Crippen MR) is 64.4 cm³/mol. The number of carbonyl (C=O) groups excluding carboxylic acids is 1. The van der Waals surface area contributed by atoms with Crippen LogP contribution in [0.15, 0.2) is 0 Å². The van der Waals surface area contributed by atoms with Crippen LogP contribution in [-0.4, -0.2) is 49.6 Å². The minimum Gasteiger partial charge on any atom is -0.375 e. The maximum Gasteiger partial charge on any atom is 0.261 e. The second kappa shape index (κ2) is 7.63. The van der Waals surface area contributed by atoms with Gasteiger partial charge in [0.05, 0.1) is 13.0 Å². The monoisotopic (exact) mass is 264 g/mol. The van der Waals surface area contributed by atoms with Gasteiger partial charge in [-0.25, -0.2) is 8.78 Å². The van der Waals surface area contributed by atoms with Gasteiger partial charge in [-0.05, 0) is 18.8 Å². The van der Waals surface area contributed by atoms with Gasteiger partial charge in [-0.2, -0.15) is 0 Å². The lowest BCUT2D eigenvalue weighted by Crippen LogP contribution is -2.49. The van der Waals surface area contributed by atoms with E-state index in [9.17, 15) is 13.6 Å². The van der Waals surface area contributed by atoms with E-state index < -0.39 is 13.0 Å². The van der Waals surface area contributed by atoms with Gasteiger partial charge >= 0.3 is 0 Å². The summed E-state index contributed by atoms with van der Waals surface area (Å²) in [6, 6.07) is 0.0800. The molecule has 1 heterocycles. The number of hydrogen-bond acceptors (Lipinski definition) is 3. The second-order valence-electron chi connectivity index (χ2n) is 4.82. The Morgan fingerprint density at radius 2 is 2.28 bits per heavy atom. The molecule has 0 radical (unpaired) electrons. The number of carbonyl (C=O) groups is 1. The van der Waals surface area contributed by atoms with E-state index >= 15 is 0 Å². The Morgan fingerprint density at radius 3 is 2.89 bits per heavy atom. The highest BCUT2D eigenvalue weighted by Crippen LogP contribution is 2.22. The third-order valence-corrected chi connectivity index (χ3v) is 3.27. The van der Waals surface area contributed by atoms with E-state index in [2.05, 4.69) is 6.92 Å². The highest BCUT2D eigenvalue weighted by atomic mass is 19.3. The van der Waals surface area contributed by atoms with E-state index in [1.54, 1.807) is 4.90 Å². The van der Waals surface area contributed by atoms with Gasteiger partial charge in [0.1, 0.15) is 6.61 Å². The molecule has 2 unspecified atom stereocenters. The average Bonchev–Trinajstić information content (AvgIpc) is 2.33. The minimum atomic E-state index is -2.48. The van der Waals surface area contributed by atoms with Crippen molar-refractivity contribution in [2.75, 3.05) is 26.3 Å². The van der Waals surface area contributed by atoms with Crippen LogP contribution >= 0.6 is 0 Å². The van der Waals surface area contributed by atoms with Gasteiger partial charge in [0.15, 0.2) is 0 Å². The second-order valence-corrected chi connectivity index (χ2v) is 4.82. The Balaban J connectivity index is 2.31. The molecule has 1 aliphatic heterocycles. The van der Waals surface area contributed by atoms with Crippen molar-refractivity contribution in [1.82, 2.24) is 4.90 Å². The Bertz CT molecular complexity index is 264. The fourth-order valence-electron chi connectivity index (χ4n) is 2.28. The fraction of sp³-hybridized carbons (Fsp3) is 0.917. The van der Waals surface area contributed by atoms with Crippen molar-refractivity contribution in [3.63, 3.8) is 0 Å². The Morgan fingerprint density at radius 1 is 1.56 bits per heavy atom. The molecule has 0 aliphatic carbocycles. The van der Waals surface area contributed by atoms with Crippen LogP contribution in [0.4, 0.5) is 8.78 Å². The summed E-state index contributed by atoms with van der Waals surface area (Å²) >= 11 is 0. The maximum atomic E-state index is 11.9. The molecule has 1 amide bonds. The molecule has 2 N–H and O–H groups in total. The van der Waals surface area contributed by atoms with E-state index in [1.165, 1.54) is 0 Å². The Labute approximate surface area is 106 Å². The number of hydrogen-bond donors (Lipinski definition) is 1. The molecule has 106 valence electrons. The van der Waals surface area contributed by atoms with Gasteiger partial charge < -0.3 is 15.4 Å². The van der Waals surface area contributed by atoms with Crippen LogP contribution in [0.2, 0.25) is 0 Å². The van der Waals surface area contributed by atoms with Crippen molar-refractivity contribution in [3.05, 3.63) is 0 Å². The SMILES string of the molecule is CC1CCN(C(=O)CCOCC(F)F)C(CN)C1. The molecular formula is C12H22F2N2O2. The van der Waals surface area contributed by atoms with Gasteiger partial charge in [0.25, 0.3) is 6.43 Å². The van der Waals surface area contributed by atoms with Crippen LogP contribution in [0.25, 0.3) is 0 Å². The predicted octanol–water partition coefficient (Wildman–Crippen LogP) is 1.24. The topological polar surface area (TPSA) is 55.6 Å². The Kier molecular flexibility index (Phi) is 6.49. The third-order valence-electron chi connectivity index (χ3n) is 3.27. The van der Waals surface area contributed by atoms with Gasteiger partial charge in [-0.1, -0.05) is 6.92 Å². The van der Waals surface area contributed by atoms with Gasteiger partial charge in [-0.15, -0.1) is 0 Å². The Hall–Kier alpha value is -0.750. The largest absolute Gasteiger partial charge is 0.375 e. The minimum absolute atomic E-state index is 0.0481. The first-order valence-electron chi connectivity index (χ1n) is 6.40. The molecule has 1 fully saturated rings. The number of halogens is 2. The lowest BCUT2D eigenvalue weighted by Gasteiger charge is -2.38. The summed E-state index contributed by atoms with van der Waals surface area (Å²) in [7, 11) is 0. The molecule has 18 heavy (non-hydrogen) atoms. The molecule has 1 aliphatic rings. The number of alkyl halides is 2. The van der Waals surface area contributed by atoms with E-state index in [0.29, 0.717) is 19.0 Å².